The highest BCUT2D eigenvalue weighted by Gasteiger charge is 2.18. The molecule has 0 aromatic heterocycles. The first-order chi connectivity index (χ1) is 12.6. The van der Waals surface area contributed by atoms with Gasteiger partial charge >= 0.3 is 0 Å². The predicted octanol–water partition coefficient (Wildman–Crippen LogP) is 4.64. The van der Waals surface area contributed by atoms with Gasteiger partial charge in [-0.3, -0.25) is 9.59 Å². The number of hydrogen-bond donors (Lipinski definition) is 1. The van der Waals surface area contributed by atoms with E-state index in [1.807, 2.05) is 24.3 Å². The Balaban J connectivity index is 2.11. The molecule has 2 rings (SSSR count). The topological polar surface area (TPSA) is 58.6 Å². The lowest BCUT2D eigenvalue weighted by atomic mass is 9.87. The molecule has 0 atom stereocenters. The molecule has 0 aliphatic carbocycles. The fourth-order valence-electron chi connectivity index (χ4n) is 2.61. The van der Waals surface area contributed by atoms with Gasteiger partial charge in [0.25, 0.3) is 0 Å². The minimum atomic E-state index is -0.291. The first kappa shape index (κ1) is 20.8. The second-order valence-corrected chi connectivity index (χ2v) is 7.71. The van der Waals surface area contributed by atoms with Crippen molar-refractivity contribution in [3.8, 4) is 5.75 Å². The third-order valence-corrected chi connectivity index (χ3v) is 4.46. The highest BCUT2D eigenvalue weighted by Crippen LogP contribution is 2.29. The number of nitrogens with zero attached hydrogens (tertiary/aromatic N) is 1. The van der Waals surface area contributed by atoms with Crippen molar-refractivity contribution in [1.82, 2.24) is 0 Å². The normalized spacial score (nSPS) is 11.0. The van der Waals surface area contributed by atoms with Crippen molar-refractivity contribution in [3.05, 3.63) is 53.1 Å². The molecular formula is C21H25ClN2O3. The van der Waals surface area contributed by atoms with E-state index in [0.29, 0.717) is 22.1 Å². The summed E-state index contributed by atoms with van der Waals surface area (Å²) in [5.41, 5.74) is 2.44. The Morgan fingerprint density at radius 2 is 1.74 bits per heavy atom. The maximum absolute atomic E-state index is 12.4. The first-order valence-corrected chi connectivity index (χ1v) is 9.01. The van der Waals surface area contributed by atoms with Crippen molar-refractivity contribution in [2.24, 2.45) is 0 Å². The van der Waals surface area contributed by atoms with Gasteiger partial charge in [-0.15, -0.1) is 0 Å². The maximum Gasteiger partial charge on any atom is 0.244 e. The summed E-state index contributed by atoms with van der Waals surface area (Å²) < 4.78 is 5.12. The van der Waals surface area contributed by atoms with Crippen LogP contribution < -0.4 is 15.0 Å². The van der Waals surface area contributed by atoms with Crippen molar-refractivity contribution in [1.29, 1.82) is 0 Å². The Morgan fingerprint density at radius 3 is 2.22 bits per heavy atom. The van der Waals surface area contributed by atoms with Gasteiger partial charge in [0.05, 0.1) is 12.1 Å². The third-order valence-electron chi connectivity index (χ3n) is 4.16. The number of anilines is 2. The van der Waals surface area contributed by atoms with Crippen LogP contribution in [0.2, 0.25) is 5.02 Å². The van der Waals surface area contributed by atoms with Crippen molar-refractivity contribution in [2.45, 2.75) is 33.1 Å². The van der Waals surface area contributed by atoms with E-state index >= 15 is 0 Å². The lowest BCUT2D eigenvalue weighted by Crippen LogP contribution is -2.36. The highest BCUT2D eigenvalue weighted by molar-refractivity contribution is 6.32. The molecule has 2 aromatic rings. The molecule has 5 nitrogen and oxygen atoms in total. The molecule has 144 valence electrons. The summed E-state index contributed by atoms with van der Waals surface area (Å²) in [5, 5.41) is 3.20. The molecule has 0 radical (unpaired) electrons. The summed E-state index contributed by atoms with van der Waals surface area (Å²) in [6.45, 7) is 7.69. The predicted molar refractivity (Wildman–Crippen MR) is 110 cm³/mol. The number of methoxy groups -OCH3 is 1. The fourth-order valence-corrected chi connectivity index (χ4v) is 2.86. The number of ether oxygens (including phenoxy) is 1. The second kappa shape index (κ2) is 8.44. The molecule has 0 spiro atoms. The van der Waals surface area contributed by atoms with Crippen molar-refractivity contribution < 1.29 is 14.3 Å². The number of carbonyl (C=O) groups is 2. The molecule has 2 aromatic carbocycles. The lowest BCUT2D eigenvalue weighted by molar-refractivity contribution is -0.120. The second-order valence-electron chi connectivity index (χ2n) is 7.30. The molecule has 1 N–H and O–H groups in total. The molecule has 0 saturated carbocycles. The number of hydrogen-bond acceptors (Lipinski definition) is 3. The number of rotatable bonds is 5. The van der Waals surface area contributed by atoms with Crippen LogP contribution >= 0.6 is 11.6 Å². The average molecular weight is 389 g/mol. The number of amides is 2. The van der Waals surface area contributed by atoms with Gasteiger partial charge in [-0.25, -0.2) is 0 Å². The highest BCUT2D eigenvalue weighted by atomic mass is 35.5. The lowest BCUT2D eigenvalue weighted by Gasteiger charge is -2.22. The molecule has 0 bridgehead atoms. The quantitative estimate of drug-likeness (QED) is 0.811. The van der Waals surface area contributed by atoms with Crippen LogP contribution in [-0.4, -0.2) is 25.5 Å². The Labute approximate surface area is 165 Å². The largest absolute Gasteiger partial charge is 0.495 e. The Hall–Kier alpha value is -2.53. The van der Waals surface area contributed by atoms with Crippen LogP contribution in [-0.2, 0) is 15.0 Å². The fraction of sp³-hybridized carbons (Fsp3) is 0.333. The minimum Gasteiger partial charge on any atom is -0.495 e. The van der Waals surface area contributed by atoms with E-state index < -0.39 is 0 Å². The van der Waals surface area contributed by atoms with Gasteiger partial charge in [0.15, 0.2) is 0 Å². The van der Waals surface area contributed by atoms with Crippen molar-refractivity contribution in [3.63, 3.8) is 0 Å². The molecule has 0 saturated heterocycles. The number of halogens is 1. The van der Waals surface area contributed by atoms with Crippen LogP contribution in [0.1, 0.15) is 33.3 Å². The summed E-state index contributed by atoms with van der Waals surface area (Å²) in [5.74, 6) is -0.0394. The molecule has 0 fully saturated rings. The average Bonchev–Trinajstić information content (AvgIpc) is 2.59. The SMILES string of the molecule is COc1ccc(N(CC(=O)Nc2ccc(C(C)(C)C)cc2)C(C)=O)cc1Cl. The Kier molecular flexibility index (Phi) is 6.50. The zero-order chi connectivity index (χ0) is 20.2. The van der Waals surface area contributed by atoms with Gasteiger partial charge < -0.3 is 15.0 Å². The van der Waals surface area contributed by atoms with Crippen LogP contribution in [0.15, 0.2) is 42.5 Å². The van der Waals surface area contributed by atoms with Gasteiger partial charge in [-0.2, -0.15) is 0 Å². The van der Waals surface area contributed by atoms with E-state index in [1.54, 1.807) is 18.2 Å². The molecule has 0 aliphatic rings. The Morgan fingerprint density at radius 1 is 1.11 bits per heavy atom. The van der Waals surface area contributed by atoms with Gasteiger partial charge in [-0.05, 0) is 41.3 Å². The first-order valence-electron chi connectivity index (χ1n) is 8.64. The van der Waals surface area contributed by atoms with E-state index in [1.165, 1.54) is 24.5 Å². The van der Waals surface area contributed by atoms with Gasteiger partial charge in [0.1, 0.15) is 12.3 Å². The molecule has 0 heterocycles. The van der Waals surface area contributed by atoms with E-state index in [2.05, 4.69) is 26.1 Å². The summed E-state index contributed by atoms with van der Waals surface area (Å²) >= 11 is 6.13. The summed E-state index contributed by atoms with van der Waals surface area (Å²) in [6.07, 6.45) is 0. The van der Waals surface area contributed by atoms with Crippen LogP contribution in [0.3, 0.4) is 0 Å². The molecule has 0 aliphatic heterocycles. The zero-order valence-electron chi connectivity index (χ0n) is 16.3. The number of nitrogens with one attached hydrogen (secondary N) is 1. The summed E-state index contributed by atoms with van der Waals surface area (Å²) in [4.78, 5) is 25.8. The zero-order valence-corrected chi connectivity index (χ0v) is 17.1. The Bertz CT molecular complexity index is 826. The number of carbonyl (C=O) groups excluding carboxylic acids is 2. The van der Waals surface area contributed by atoms with Crippen LogP contribution in [0.4, 0.5) is 11.4 Å². The van der Waals surface area contributed by atoms with E-state index in [-0.39, 0.29) is 23.8 Å². The standard InChI is InChI=1S/C21H25ClN2O3/c1-14(25)24(17-10-11-19(27-5)18(22)12-17)13-20(26)23-16-8-6-15(7-9-16)21(2,3)4/h6-12H,13H2,1-5H3,(H,23,26). The minimum absolute atomic E-state index is 0.0433. The smallest absolute Gasteiger partial charge is 0.244 e. The van der Waals surface area contributed by atoms with Crippen LogP contribution in [0, 0.1) is 0 Å². The van der Waals surface area contributed by atoms with Gasteiger partial charge in [-0.1, -0.05) is 44.5 Å². The van der Waals surface area contributed by atoms with Crippen LogP contribution in [0.25, 0.3) is 0 Å². The molecular weight excluding hydrogens is 364 g/mol. The van der Waals surface area contributed by atoms with E-state index in [9.17, 15) is 9.59 Å². The van der Waals surface area contributed by atoms with Crippen molar-refractivity contribution in [2.75, 3.05) is 23.9 Å². The van der Waals surface area contributed by atoms with Crippen molar-refractivity contribution >= 4 is 34.8 Å². The van der Waals surface area contributed by atoms with Crippen LogP contribution in [0.5, 0.6) is 5.75 Å². The van der Waals surface area contributed by atoms with Gasteiger partial charge in [0, 0.05) is 18.3 Å². The molecule has 27 heavy (non-hydrogen) atoms. The monoisotopic (exact) mass is 388 g/mol. The third kappa shape index (κ3) is 5.47. The molecule has 0 unspecified atom stereocenters. The maximum atomic E-state index is 12.4. The molecule has 6 heteroatoms. The number of benzene rings is 2. The summed E-state index contributed by atoms with van der Waals surface area (Å²) in [6, 6.07) is 12.7. The summed E-state index contributed by atoms with van der Waals surface area (Å²) in [7, 11) is 1.52. The molecule has 2 amide bonds. The van der Waals surface area contributed by atoms with E-state index in [4.69, 9.17) is 16.3 Å². The van der Waals surface area contributed by atoms with Gasteiger partial charge in [0.2, 0.25) is 11.8 Å². The van der Waals surface area contributed by atoms with E-state index in [0.717, 1.165) is 0 Å².